The van der Waals surface area contributed by atoms with Gasteiger partial charge in [0, 0.05) is 19.6 Å². The fourth-order valence-electron chi connectivity index (χ4n) is 1.47. The summed E-state index contributed by atoms with van der Waals surface area (Å²) in [5.41, 5.74) is 0. The molecule has 1 heterocycles. The number of nitrogens with one attached hydrogen (secondary N) is 1. The van der Waals surface area contributed by atoms with Gasteiger partial charge in [-0.1, -0.05) is 0 Å². The molecular formula is C9H18N2O2. The third kappa shape index (κ3) is 3.42. The van der Waals surface area contributed by atoms with Crippen LogP contribution in [0.15, 0.2) is 0 Å². The average molecular weight is 186 g/mol. The number of ketones is 1. The molecule has 1 fully saturated rings. The van der Waals surface area contributed by atoms with Crippen LogP contribution in [-0.4, -0.2) is 56.6 Å². The molecule has 0 aliphatic carbocycles. The Morgan fingerprint density at radius 2 is 2.15 bits per heavy atom. The average Bonchev–Trinajstić information content (AvgIpc) is 2.15. The van der Waals surface area contributed by atoms with E-state index in [1.165, 1.54) is 0 Å². The standard InChI is InChI=1S/C9H18N2O2/c1-8(12)9(10-2)7-11-3-5-13-6-4-11/h9-10H,3-7H2,1-2H3/t9-/m1/s1. The summed E-state index contributed by atoms with van der Waals surface area (Å²) >= 11 is 0. The van der Waals surface area contributed by atoms with Crippen molar-refractivity contribution in [2.45, 2.75) is 13.0 Å². The molecule has 1 aliphatic rings. The summed E-state index contributed by atoms with van der Waals surface area (Å²) in [4.78, 5) is 13.4. The summed E-state index contributed by atoms with van der Waals surface area (Å²) in [5, 5.41) is 3.02. The minimum absolute atomic E-state index is 0.0295. The van der Waals surface area contributed by atoms with E-state index >= 15 is 0 Å². The third-order valence-corrected chi connectivity index (χ3v) is 2.38. The summed E-state index contributed by atoms with van der Waals surface area (Å²) < 4.78 is 5.23. The van der Waals surface area contributed by atoms with Crippen molar-refractivity contribution in [1.29, 1.82) is 0 Å². The monoisotopic (exact) mass is 186 g/mol. The second-order valence-corrected chi connectivity index (χ2v) is 3.36. The van der Waals surface area contributed by atoms with Gasteiger partial charge in [-0.25, -0.2) is 0 Å². The van der Waals surface area contributed by atoms with Crippen LogP contribution in [0.25, 0.3) is 0 Å². The van der Waals surface area contributed by atoms with Crippen molar-refractivity contribution in [3.63, 3.8) is 0 Å². The molecule has 0 amide bonds. The molecule has 0 radical (unpaired) electrons. The van der Waals surface area contributed by atoms with E-state index in [0.29, 0.717) is 0 Å². The minimum Gasteiger partial charge on any atom is -0.379 e. The van der Waals surface area contributed by atoms with E-state index in [2.05, 4.69) is 10.2 Å². The molecule has 0 aromatic carbocycles. The van der Waals surface area contributed by atoms with Crippen molar-refractivity contribution in [2.24, 2.45) is 0 Å². The zero-order valence-electron chi connectivity index (χ0n) is 8.38. The summed E-state index contributed by atoms with van der Waals surface area (Å²) in [6.45, 7) is 5.87. The van der Waals surface area contributed by atoms with Gasteiger partial charge in [-0.05, 0) is 14.0 Å². The maximum absolute atomic E-state index is 11.1. The summed E-state index contributed by atoms with van der Waals surface area (Å²) in [6, 6.07) is -0.0295. The highest BCUT2D eigenvalue weighted by molar-refractivity contribution is 5.81. The van der Waals surface area contributed by atoms with E-state index in [-0.39, 0.29) is 11.8 Å². The molecule has 1 saturated heterocycles. The van der Waals surface area contributed by atoms with Gasteiger partial charge in [-0.3, -0.25) is 9.69 Å². The molecule has 0 spiro atoms. The second-order valence-electron chi connectivity index (χ2n) is 3.36. The molecule has 1 aliphatic heterocycles. The Balaban J connectivity index is 2.31. The number of Topliss-reactive ketones (excluding diaryl/α,β-unsaturated/α-hetero) is 1. The summed E-state index contributed by atoms with van der Waals surface area (Å²) in [5.74, 6) is 0.203. The van der Waals surface area contributed by atoms with Crippen LogP contribution in [0, 0.1) is 0 Å². The first-order valence-electron chi connectivity index (χ1n) is 4.72. The highest BCUT2D eigenvalue weighted by Gasteiger charge is 2.17. The van der Waals surface area contributed by atoms with Crippen molar-refractivity contribution < 1.29 is 9.53 Å². The zero-order valence-corrected chi connectivity index (χ0v) is 8.38. The SMILES string of the molecule is CN[C@H](CN1CCOCC1)C(C)=O. The Kier molecular flexibility index (Phi) is 4.35. The number of nitrogens with zero attached hydrogens (tertiary/aromatic N) is 1. The molecule has 0 aromatic rings. The molecule has 1 atom stereocenters. The fourth-order valence-corrected chi connectivity index (χ4v) is 1.47. The minimum atomic E-state index is -0.0295. The number of carbonyl (C=O) groups is 1. The Morgan fingerprint density at radius 3 is 2.62 bits per heavy atom. The molecular weight excluding hydrogens is 168 g/mol. The van der Waals surface area contributed by atoms with Gasteiger partial charge in [-0.15, -0.1) is 0 Å². The predicted octanol–water partition coefficient (Wildman–Crippen LogP) is -0.504. The number of likely N-dealkylation sites (N-methyl/N-ethyl adjacent to an activating group) is 1. The van der Waals surface area contributed by atoms with Crippen LogP contribution >= 0.6 is 0 Å². The number of ether oxygens (including phenoxy) is 1. The van der Waals surface area contributed by atoms with Crippen LogP contribution in [0.5, 0.6) is 0 Å². The van der Waals surface area contributed by atoms with Crippen LogP contribution in [-0.2, 0) is 9.53 Å². The smallest absolute Gasteiger partial charge is 0.147 e. The maximum Gasteiger partial charge on any atom is 0.147 e. The highest BCUT2D eigenvalue weighted by atomic mass is 16.5. The zero-order chi connectivity index (χ0) is 9.68. The topological polar surface area (TPSA) is 41.6 Å². The lowest BCUT2D eigenvalue weighted by molar-refractivity contribution is -0.119. The second kappa shape index (κ2) is 5.32. The first kappa shape index (κ1) is 10.6. The molecule has 76 valence electrons. The number of carbonyl (C=O) groups excluding carboxylic acids is 1. The first-order valence-corrected chi connectivity index (χ1v) is 4.72. The highest BCUT2D eigenvalue weighted by Crippen LogP contribution is 1.98. The molecule has 4 nitrogen and oxygen atoms in total. The third-order valence-electron chi connectivity index (χ3n) is 2.38. The van der Waals surface area contributed by atoms with Crippen molar-refractivity contribution in [3.8, 4) is 0 Å². The molecule has 4 heteroatoms. The number of hydrogen-bond acceptors (Lipinski definition) is 4. The Morgan fingerprint density at radius 1 is 1.54 bits per heavy atom. The normalized spacial score (nSPS) is 21.4. The van der Waals surface area contributed by atoms with E-state index in [1.807, 2.05) is 7.05 Å². The van der Waals surface area contributed by atoms with Crippen LogP contribution in [0.1, 0.15) is 6.92 Å². The van der Waals surface area contributed by atoms with Gasteiger partial charge in [0.05, 0.1) is 19.3 Å². The van der Waals surface area contributed by atoms with Gasteiger partial charge >= 0.3 is 0 Å². The largest absolute Gasteiger partial charge is 0.379 e. The van der Waals surface area contributed by atoms with Crippen LogP contribution in [0.4, 0.5) is 0 Å². The lowest BCUT2D eigenvalue weighted by atomic mass is 10.2. The van der Waals surface area contributed by atoms with E-state index in [0.717, 1.165) is 32.8 Å². The van der Waals surface area contributed by atoms with E-state index in [4.69, 9.17) is 4.74 Å². The van der Waals surface area contributed by atoms with Gasteiger partial charge in [0.25, 0.3) is 0 Å². The fraction of sp³-hybridized carbons (Fsp3) is 0.889. The molecule has 1 rings (SSSR count). The predicted molar refractivity (Wildman–Crippen MR) is 50.8 cm³/mol. The van der Waals surface area contributed by atoms with Crippen molar-refractivity contribution in [3.05, 3.63) is 0 Å². The maximum atomic E-state index is 11.1. The Bertz CT molecular complexity index is 167. The Hall–Kier alpha value is -0.450. The Labute approximate surface area is 79.2 Å². The van der Waals surface area contributed by atoms with Gasteiger partial charge < -0.3 is 10.1 Å². The van der Waals surface area contributed by atoms with Crippen molar-refractivity contribution in [1.82, 2.24) is 10.2 Å². The lowest BCUT2D eigenvalue weighted by Gasteiger charge is -2.29. The molecule has 13 heavy (non-hydrogen) atoms. The van der Waals surface area contributed by atoms with Crippen LogP contribution < -0.4 is 5.32 Å². The van der Waals surface area contributed by atoms with Gasteiger partial charge in [0.15, 0.2) is 0 Å². The molecule has 0 saturated carbocycles. The van der Waals surface area contributed by atoms with Gasteiger partial charge in [-0.2, -0.15) is 0 Å². The molecule has 0 aromatic heterocycles. The quantitative estimate of drug-likeness (QED) is 0.642. The van der Waals surface area contributed by atoms with Crippen molar-refractivity contribution in [2.75, 3.05) is 39.9 Å². The molecule has 0 unspecified atom stereocenters. The van der Waals surface area contributed by atoms with Crippen LogP contribution in [0.3, 0.4) is 0 Å². The molecule has 1 N–H and O–H groups in total. The van der Waals surface area contributed by atoms with E-state index in [1.54, 1.807) is 6.92 Å². The van der Waals surface area contributed by atoms with Gasteiger partial charge in [0.2, 0.25) is 0 Å². The van der Waals surface area contributed by atoms with E-state index < -0.39 is 0 Å². The lowest BCUT2D eigenvalue weighted by Crippen LogP contribution is -2.47. The number of morpholine rings is 1. The van der Waals surface area contributed by atoms with Crippen molar-refractivity contribution >= 4 is 5.78 Å². The van der Waals surface area contributed by atoms with Crippen LogP contribution in [0.2, 0.25) is 0 Å². The first-order chi connectivity index (χ1) is 6.24. The van der Waals surface area contributed by atoms with Gasteiger partial charge in [0.1, 0.15) is 5.78 Å². The summed E-state index contributed by atoms with van der Waals surface area (Å²) in [7, 11) is 1.83. The van der Waals surface area contributed by atoms with E-state index in [9.17, 15) is 4.79 Å². The number of hydrogen-bond donors (Lipinski definition) is 1. The summed E-state index contributed by atoms with van der Waals surface area (Å²) in [6.07, 6.45) is 0. The molecule has 0 bridgehead atoms. The number of rotatable bonds is 4.